The van der Waals surface area contributed by atoms with Crippen molar-refractivity contribution in [3.8, 4) is 0 Å². The van der Waals surface area contributed by atoms with Gasteiger partial charge in [0.2, 0.25) is 5.95 Å². The van der Waals surface area contributed by atoms with Gasteiger partial charge in [-0.2, -0.15) is 4.39 Å². The molecule has 0 spiro atoms. The van der Waals surface area contributed by atoms with Gasteiger partial charge in [0.1, 0.15) is 5.69 Å². The largest absolute Gasteiger partial charge is 0.234 e. The van der Waals surface area contributed by atoms with Crippen molar-refractivity contribution in [1.82, 2.24) is 15.0 Å². The molecule has 0 fully saturated rings. The van der Waals surface area contributed by atoms with Crippen LogP contribution >= 0.6 is 0 Å². The number of hydrogen-bond acceptors (Lipinski definition) is 2. The standard InChI is InChI=1S/C8H14FN3/c1-8(2,3)5-6-7(9)12(4)11-10-6/h5H2,1-4H3. The first-order valence-electron chi connectivity index (χ1n) is 3.94. The lowest BCUT2D eigenvalue weighted by atomic mass is 9.91. The van der Waals surface area contributed by atoms with Gasteiger partial charge in [0.25, 0.3) is 0 Å². The smallest absolute Gasteiger partial charge is 0.222 e. The first-order valence-corrected chi connectivity index (χ1v) is 3.94. The normalized spacial score (nSPS) is 12.1. The molecule has 68 valence electrons. The maximum atomic E-state index is 13.1. The average molecular weight is 171 g/mol. The molecule has 0 amide bonds. The molecule has 0 N–H and O–H groups in total. The van der Waals surface area contributed by atoms with Crippen LogP contribution in [0.5, 0.6) is 0 Å². The monoisotopic (exact) mass is 171 g/mol. The predicted octanol–water partition coefficient (Wildman–Crippen LogP) is 1.54. The van der Waals surface area contributed by atoms with E-state index in [1.807, 2.05) is 20.8 Å². The van der Waals surface area contributed by atoms with Gasteiger partial charge in [-0.1, -0.05) is 26.0 Å². The average Bonchev–Trinajstić information content (AvgIpc) is 2.16. The lowest BCUT2D eigenvalue weighted by Gasteiger charge is -2.15. The van der Waals surface area contributed by atoms with Crippen LogP contribution in [0.25, 0.3) is 0 Å². The third-order valence-electron chi connectivity index (χ3n) is 1.52. The highest BCUT2D eigenvalue weighted by Crippen LogP contribution is 2.20. The van der Waals surface area contributed by atoms with Gasteiger partial charge in [0.05, 0.1) is 0 Å². The zero-order valence-corrected chi connectivity index (χ0v) is 7.93. The van der Waals surface area contributed by atoms with Crippen molar-refractivity contribution >= 4 is 0 Å². The number of nitrogens with zero attached hydrogens (tertiary/aromatic N) is 3. The molecule has 0 aromatic carbocycles. The van der Waals surface area contributed by atoms with E-state index in [1.54, 1.807) is 7.05 Å². The number of halogens is 1. The van der Waals surface area contributed by atoms with Gasteiger partial charge in [0.15, 0.2) is 0 Å². The quantitative estimate of drug-likeness (QED) is 0.641. The van der Waals surface area contributed by atoms with Crippen molar-refractivity contribution in [2.24, 2.45) is 12.5 Å². The highest BCUT2D eigenvalue weighted by atomic mass is 19.1. The Morgan fingerprint density at radius 3 is 2.33 bits per heavy atom. The highest BCUT2D eigenvalue weighted by molar-refractivity contribution is 4.98. The van der Waals surface area contributed by atoms with Crippen LogP contribution in [0.2, 0.25) is 0 Å². The molecule has 3 nitrogen and oxygen atoms in total. The summed E-state index contributed by atoms with van der Waals surface area (Å²) in [5.74, 6) is -0.329. The molecule has 0 aliphatic heterocycles. The second-order valence-corrected chi connectivity index (χ2v) is 4.19. The SMILES string of the molecule is Cn1nnc(CC(C)(C)C)c1F. The Balaban J connectivity index is 2.83. The van der Waals surface area contributed by atoms with Crippen LogP contribution in [0.4, 0.5) is 4.39 Å². The second kappa shape index (κ2) is 2.84. The fourth-order valence-corrected chi connectivity index (χ4v) is 0.999. The molecule has 0 unspecified atom stereocenters. The van der Waals surface area contributed by atoms with E-state index in [-0.39, 0.29) is 11.4 Å². The van der Waals surface area contributed by atoms with Gasteiger partial charge in [-0.3, -0.25) is 0 Å². The number of rotatable bonds is 1. The molecule has 0 aliphatic carbocycles. The summed E-state index contributed by atoms with van der Waals surface area (Å²) in [4.78, 5) is 0. The topological polar surface area (TPSA) is 30.7 Å². The lowest BCUT2D eigenvalue weighted by molar-refractivity contribution is 0.392. The molecule has 1 aromatic heterocycles. The summed E-state index contributed by atoms with van der Waals surface area (Å²) < 4.78 is 14.3. The van der Waals surface area contributed by atoms with Crippen molar-refractivity contribution in [1.29, 1.82) is 0 Å². The molecular weight excluding hydrogens is 157 g/mol. The van der Waals surface area contributed by atoms with Crippen LogP contribution in [0, 0.1) is 11.4 Å². The van der Waals surface area contributed by atoms with Crippen molar-refractivity contribution in [2.45, 2.75) is 27.2 Å². The maximum Gasteiger partial charge on any atom is 0.234 e. The Labute approximate surface area is 71.6 Å². The maximum absolute atomic E-state index is 13.1. The molecule has 4 heteroatoms. The van der Waals surface area contributed by atoms with E-state index < -0.39 is 0 Å². The summed E-state index contributed by atoms with van der Waals surface area (Å²) in [6.07, 6.45) is 0.618. The van der Waals surface area contributed by atoms with E-state index in [0.29, 0.717) is 12.1 Å². The zero-order valence-electron chi connectivity index (χ0n) is 7.93. The molecule has 0 saturated carbocycles. The summed E-state index contributed by atoms with van der Waals surface area (Å²) in [6.45, 7) is 6.13. The van der Waals surface area contributed by atoms with E-state index in [0.717, 1.165) is 4.68 Å². The second-order valence-electron chi connectivity index (χ2n) is 4.19. The molecule has 1 aromatic rings. The molecular formula is C8H14FN3. The van der Waals surface area contributed by atoms with Crippen molar-refractivity contribution in [3.63, 3.8) is 0 Å². The summed E-state index contributed by atoms with van der Waals surface area (Å²) in [5, 5.41) is 7.33. The Hall–Kier alpha value is -0.930. The molecule has 1 heterocycles. The summed E-state index contributed by atoms with van der Waals surface area (Å²) in [6, 6.07) is 0. The fourth-order valence-electron chi connectivity index (χ4n) is 0.999. The first kappa shape index (κ1) is 9.16. The summed E-state index contributed by atoms with van der Waals surface area (Å²) in [5.41, 5.74) is 0.502. The third kappa shape index (κ3) is 2.03. The lowest BCUT2D eigenvalue weighted by Crippen LogP contribution is -2.11. The molecule has 0 radical (unpaired) electrons. The van der Waals surface area contributed by atoms with Crippen molar-refractivity contribution in [2.75, 3.05) is 0 Å². The van der Waals surface area contributed by atoms with Gasteiger partial charge in [0, 0.05) is 13.5 Å². The molecule has 0 aliphatic rings. The van der Waals surface area contributed by atoms with Gasteiger partial charge in [-0.15, -0.1) is 5.10 Å². The summed E-state index contributed by atoms with van der Waals surface area (Å²) >= 11 is 0. The Bertz CT molecular complexity index is 272. The van der Waals surface area contributed by atoms with E-state index >= 15 is 0 Å². The van der Waals surface area contributed by atoms with E-state index in [4.69, 9.17) is 0 Å². The highest BCUT2D eigenvalue weighted by Gasteiger charge is 2.18. The van der Waals surface area contributed by atoms with Crippen LogP contribution < -0.4 is 0 Å². The zero-order chi connectivity index (χ0) is 9.35. The van der Waals surface area contributed by atoms with Gasteiger partial charge in [-0.05, 0) is 5.41 Å². The number of hydrogen-bond donors (Lipinski definition) is 0. The van der Waals surface area contributed by atoms with Gasteiger partial charge < -0.3 is 0 Å². The van der Waals surface area contributed by atoms with Gasteiger partial charge >= 0.3 is 0 Å². The molecule has 0 bridgehead atoms. The van der Waals surface area contributed by atoms with E-state index in [2.05, 4.69) is 10.3 Å². The Morgan fingerprint density at radius 1 is 1.42 bits per heavy atom. The minimum absolute atomic E-state index is 0.0525. The first-order chi connectivity index (χ1) is 5.40. The molecule has 1 rings (SSSR count). The number of aromatic nitrogens is 3. The van der Waals surface area contributed by atoms with Crippen molar-refractivity contribution < 1.29 is 4.39 Å². The Morgan fingerprint density at radius 2 is 2.00 bits per heavy atom. The number of aryl methyl sites for hydroxylation is 1. The predicted molar refractivity (Wildman–Crippen MR) is 44.1 cm³/mol. The van der Waals surface area contributed by atoms with E-state index in [1.165, 1.54) is 0 Å². The van der Waals surface area contributed by atoms with E-state index in [9.17, 15) is 4.39 Å². The van der Waals surface area contributed by atoms with Gasteiger partial charge in [-0.25, -0.2) is 4.68 Å². The minimum atomic E-state index is -0.329. The van der Waals surface area contributed by atoms with Crippen LogP contribution in [0.15, 0.2) is 0 Å². The molecule has 0 saturated heterocycles. The van der Waals surface area contributed by atoms with Crippen LogP contribution in [-0.2, 0) is 13.5 Å². The molecule has 0 atom stereocenters. The van der Waals surface area contributed by atoms with Crippen LogP contribution in [-0.4, -0.2) is 15.0 Å². The minimum Gasteiger partial charge on any atom is -0.222 e. The van der Waals surface area contributed by atoms with Crippen LogP contribution in [0.1, 0.15) is 26.5 Å². The summed E-state index contributed by atoms with van der Waals surface area (Å²) in [7, 11) is 1.55. The van der Waals surface area contributed by atoms with Crippen LogP contribution in [0.3, 0.4) is 0 Å². The molecule has 12 heavy (non-hydrogen) atoms. The van der Waals surface area contributed by atoms with Crippen molar-refractivity contribution in [3.05, 3.63) is 11.6 Å². The Kier molecular flexibility index (Phi) is 2.17. The fraction of sp³-hybridized carbons (Fsp3) is 0.750. The third-order valence-corrected chi connectivity index (χ3v) is 1.52.